The van der Waals surface area contributed by atoms with Gasteiger partial charge in [-0.15, -0.1) is 0 Å². The molecule has 0 radical (unpaired) electrons. The van der Waals surface area contributed by atoms with E-state index in [4.69, 9.17) is 5.73 Å². The second-order valence-corrected chi connectivity index (χ2v) is 5.93. The monoisotopic (exact) mass is 281 g/mol. The minimum Gasteiger partial charge on any atom is -0.399 e. The molecular weight excluding hydrogens is 266 g/mol. The Labute approximate surface area is 111 Å². The van der Waals surface area contributed by atoms with Gasteiger partial charge in [-0.3, -0.25) is 5.10 Å². The molecule has 0 amide bonds. The minimum absolute atomic E-state index is 0.169. The number of nitrogen functional groups attached to an aromatic ring is 1. The molecule has 0 aliphatic rings. The number of hydrogen-bond donors (Lipinski definition) is 3. The van der Waals surface area contributed by atoms with Gasteiger partial charge >= 0.3 is 0 Å². The number of nitrogens with one attached hydrogen (secondary N) is 2. The number of aryl methyl sites for hydroxylation is 1. The van der Waals surface area contributed by atoms with Crippen LogP contribution in [-0.4, -0.2) is 30.1 Å². The lowest BCUT2D eigenvalue weighted by atomic mass is 10.2. The van der Waals surface area contributed by atoms with E-state index in [0.29, 0.717) is 17.9 Å². The lowest BCUT2D eigenvalue weighted by Gasteiger charge is -2.07. The van der Waals surface area contributed by atoms with Crippen LogP contribution >= 0.6 is 0 Å². The standard InChI is InChI=1S/C11H15N5O2S/c1-8-4-9(12)6-10(5-8)19(17,18)15-3-2-11-13-7-14-16-11/h4-7,15H,2-3,12H2,1H3,(H,13,14,16). The summed E-state index contributed by atoms with van der Waals surface area (Å²) in [5.74, 6) is 0.631. The lowest BCUT2D eigenvalue weighted by molar-refractivity contribution is 0.581. The quantitative estimate of drug-likeness (QED) is 0.678. The van der Waals surface area contributed by atoms with E-state index in [0.717, 1.165) is 5.56 Å². The SMILES string of the molecule is Cc1cc(N)cc(S(=O)(=O)NCCc2ncn[nH]2)c1. The van der Waals surface area contributed by atoms with E-state index in [2.05, 4.69) is 19.9 Å². The van der Waals surface area contributed by atoms with Crippen molar-refractivity contribution in [2.24, 2.45) is 0 Å². The summed E-state index contributed by atoms with van der Waals surface area (Å²) in [6, 6.07) is 4.73. The highest BCUT2D eigenvalue weighted by Crippen LogP contribution is 2.15. The average molecular weight is 281 g/mol. The summed E-state index contributed by atoms with van der Waals surface area (Å²) in [5, 5.41) is 6.35. The fraction of sp³-hybridized carbons (Fsp3) is 0.273. The topological polar surface area (TPSA) is 114 Å². The third-order valence-corrected chi connectivity index (χ3v) is 3.94. The van der Waals surface area contributed by atoms with Crippen LogP contribution in [0, 0.1) is 6.92 Å². The Bertz CT molecular complexity index is 631. The van der Waals surface area contributed by atoms with E-state index in [1.807, 2.05) is 0 Å². The molecule has 1 heterocycles. The normalized spacial score (nSPS) is 11.6. The summed E-state index contributed by atoms with van der Waals surface area (Å²) >= 11 is 0. The van der Waals surface area contributed by atoms with Crippen LogP contribution in [0.2, 0.25) is 0 Å². The van der Waals surface area contributed by atoms with Crippen LogP contribution in [0.25, 0.3) is 0 Å². The van der Waals surface area contributed by atoms with E-state index >= 15 is 0 Å². The van der Waals surface area contributed by atoms with Gasteiger partial charge in [0.15, 0.2) is 0 Å². The first-order valence-corrected chi connectivity index (χ1v) is 7.17. The molecule has 4 N–H and O–H groups in total. The molecule has 2 rings (SSSR count). The second-order valence-electron chi connectivity index (χ2n) is 4.16. The maximum atomic E-state index is 12.1. The van der Waals surface area contributed by atoms with E-state index in [1.54, 1.807) is 19.1 Å². The molecule has 0 saturated heterocycles. The molecule has 0 atom stereocenters. The number of sulfonamides is 1. The summed E-state index contributed by atoms with van der Waals surface area (Å²) in [7, 11) is -3.55. The molecule has 0 saturated carbocycles. The first-order valence-electron chi connectivity index (χ1n) is 5.68. The summed E-state index contributed by atoms with van der Waals surface area (Å²) in [6.45, 7) is 2.04. The van der Waals surface area contributed by atoms with Crippen LogP contribution in [0.3, 0.4) is 0 Å². The van der Waals surface area contributed by atoms with Crippen molar-refractivity contribution in [3.05, 3.63) is 35.9 Å². The molecule has 19 heavy (non-hydrogen) atoms. The minimum atomic E-state index is -3.55. The van der Waals surface area contributed by atoms with Crippen molar-refractivity contribution in [1.29, 1.82) is 0 Å². The molecule has 0 fully saturated rings. The molecule has 0 spiro atoms. The number of hydrogen-bond acceptors (Lipinski definition) is 5. The second kappa shape index (κ2) is 5.37. The smallest absolute Gasteiger partial charge is 0.240 e. The van der Waals surface area contributed by atoms with Gasteiger partial charge < -0.3 is 5.73 Å². The lowest BCUT2D eigenvalue weighted by Crippen LogP contribution is -2.26. The molecule has 7 nitrogen and oxygen atoms in total. The van der Waals surface area contributed by atoms with Crippen LogP contribution in [0.4, 0.5) is 5.69 Å². The van der Waals surface area contributed by atoms with Crippen molar-refractivity contribution in [2.45, 2.75) is 18.2 Å². The summed E-state index contributed by atoms with van der Waals surface area (Å²) in [6.07, 6.45) is 1.83. The Morgan fingerprint density at radius 2 is 2.16 bits per heavy atom. The maximum Gasteiger partial charge on any atom is 0.240 e. The third-order valence-electron chi connectivity index (χ3n) is 2.50. The highest BCUT2D eigenvalue weighted by Gasteiger charge is 2.14. The molecule has 0 aliphatic heterocycles. The average Bonchev–Trinajstić information content (AvgIpc) is 2.80. The van der Waals surface area contributed by atoms with Gasteiger partial charge in [0, 0.05) is 18.7 Å². The van der Waals surface area contributed by atoms with Crippen LogP contribution in [0.5, 0.6) is 0 Å². The van der Waals surface area contributed by atoms with Gasteiger partial charge in [-0.05, 0) is 30.7 Å². The van der Waals surface area contributed by atoms with E-state index < -0.39 is 10.0 Å². The van der Waals surface area contributed by atoms with Crippen molar-refractivity contribution in [2.75, 3.05) is 12.3 Å². The Kier molecular flexibility index (Phi) is 3.82. The zero-order valence-electron chi connectivity index (χ0n) is 10.4. The molecule has 8 heteroatoms. The fourth-order valence-corrected chi connectivity index (χ4v) is 2.84. The van der Waals surface area contributed by atoms with Crippen LogP contribution in [-0.2, 0) is 16.4 Å². The molecule has 0 unspecified atom stereocenters. The largest absolute Gasteiger partial charge is 0.399 e. The summed E-state index contributed by atoms with van der Waals surface area (Å²) in [5.41, 5.74) is 6.87. The number of aromatic nitrogens is 3. The highest BCUT2D eigenvalue weighted by molar-refractivity contribution is 7.89. The molecule has 1 aromatic heterocycles. The molecule has 1 aromatic carbocycles. The number of H-pyrrole nitrogens is 1. The molecule has 0 aliphatic carbocycles. The van der Waals surface area contributed by atoms with Gasteiger partial charge in [0.25, 0.3) is 0 Å². The molecule has 0 bridgehead atoms. The number of nitrogens with zero attached hydrogens (tertiary/aromatic N) is 2. The van der Waals surface area contributed by atoms with Gasteiger partial charge in [0.05, 0.1) is 4.90 Å². The summed E-state index contributed by atoms with van der Waals surface area (Å²) in [4.78, 5) is 4.08. The van der Waals surface area contributed by atoms with E-state index in [9.17, 15) is 8.42 Å². The molecule has 102 valence electrons. The maximum absolute atomic E-state index is 12.1. The van der Waals surface area contributed by atoms with Crippen molar-refractivity contribution in [1.82, 2.24) is 19.9 Å². The first-order chi connectivity index (χ1) is 8.97. The zero-order valence-corrected chi connectivity index (χ0v) is 11.2. The number of nitrogens with two attached hydrogens (primary N) is 1. The predicted molar refractivity (Wildman–Crippen MR) is 70.9 cm³/mol. The van der Waals surface area contributed by atoms with E-state index in [1.165, 1.54) is 12.4 Å². The predicted octanol–water partition coefficient (Wildman–Crippen LogP) is 0.216. The van der Waals surface area contributed by atoms with Gasteiger partial charge in [0.2, 0.25) is 10.0 Å². The van der Waals surface area contributed by atoms with E-state index in [-0.39, 0.29) is 11.4 Å². The Balaban J connectivity index is 2.05. The highest BCUT2D eigenvalue weighted by atomic mass is 32.2. The van der Waals surface area contributed by atoms with Crippen molar-refractivity contribution >= 4 is 15.7 Å². The van der Waals surface area contributed by atoms with Gasteiger partial charge in [0.1, 0.15) is 12.2 Å². The van der Waals surface area contributed by atoms with Crippen molar-refractivity contribution in [3.63, 3.8) is 0 Å². The number of aromatic amines is 1. The van der Waals surface area contributed by atoms with Gasteiger partial charge in [-0.25, -0.2) is 18.1 Å². The summed E-state index contributed by atoms with van der Waals surface area (Å²) < 4.78 is 26.6. The number of anilines is 1. The Hall–Kier alpha value is -1.93. The van der Waals surface area contributed by atoms with Crippen LogP contribution in [0.1, 0.15) is 11.4 Å². The third kappa shape index (κ3) is 3.52. The van der Waals surface area contributed by atoms with Crippen LogP contribution < -0.4 is 10.5 Å². The number of benzene rings is 1. The fourth-order valence-electron chi connectivity index (χ4n) is 1.67. The van der Waals surface area contributed by atoms with Crippen molar-refractivity contribution < 1.29 is 8.42 Å². The molecular formula is C11H15N5O2S. The Morgan fingerprint density at radius 3 is 2.79 bits per heavy atom. The van der Waals surface area contributed by atoms with Crippen molar-refractivity contribution in [3.8, 4) is 0 Å². The van der Waals surface area contributed by atoms with Gasteiger partial charge in [-0.2, -0.15) is 5.10 Å². The van der Waals surface area contributed by atoms with Crippen LogP contribution in [0.15, 0.2) is 29.4 Å². The molecule has 2 aromatic rings. The zero-order chi connectivity index (χ0) is 13.9. The Morgan fingerprint density at radius 1 is 1.37 bits per heavy atom. The number of rotatable bonds is 5. The first kappa shape index (κ1) is 13.5. The van der Waals surface area contributed by atoms with Gasteiger partial charge in [-0.1, -0.05) is 0 Å².